The molecule has 0 aliphatic carbocycles. The summed E-state index contributed by atoms with van der Waals surface area (Å²) in [5.41, 5.74) is -0.562. The number of aromatic nitrogens is 3. The highest BCUT2D eigenvalue weighted by molar-refractivity contribution is 5.71. The standard InChI is InChI=1S/C13H12F3N3O2/c1-2-21-11(20)7-10-17-12(19-18-10)8-4-3-5-9(6-8)13(14,15)16/h3-6H,2,7H2,1H3,(H,17,18,19). The fourth-order valence-corrected chi connectivity index (χ4v) is 1.69. The molecule has 1 aromatic heterocycles. The number of hydrogen-bond donors (Lipinski definition) is 1. The maximum atomic E-state index is 12.6. The number of halogens is 3. The van der Waals surface area contributed by atoms with Gasteiger partial charge in [-0.25, -0.2) is 4.98 Å². The van der Waals surface area contributed by atoms with Crippen molar-refractivity contribution in [3.05, 3.63) is 35.7 Å². The van der Waals surface area contributed by atoms with Gasteiger partial charge in [-0.1, -0.05) is 12.1 Å². The average Bonchev–Trinajstić information content (AvgIpc) is 2.86. The minimum Gasteiger partial charge on any atom is -0.466 e. The molecule has 1 N–H and O–H groups in total. The van der Waals surface area contributed by atoms with E-state index in [1.54, 1.807) is 6.92 Å². The van der Waals surface area contributed by atoms with Crippen LogP contribution in [0.15, 0.2) is 24.3 Å². The van der Waals surface area contributed by atoms with Gasteiger partial charge in [-0.05, 0) is 19.1 Å². The molecule has 0 fully saturated rings. The number of nitrogens with one attached hydrogen (secondary N) is 1. The van der Waals surface area contributed by atoms with Gasteiger partial charge >= 0.3 is 12.1 Å². The van der Waals surface area contributed by atoms with Crippen LogP contribution in [0.4, 0.5) is 13.2 Å². The van der Waals surface area contributed by atoms with E-state index in [1.165, 1.54) is 12.1 Å². The van der Waals surface area contributed by atoms with Crippen LogP contribution in [0.25, 0.3) is 11.4 Å². The molecule has 0 spiro atoms. The summed E-state index contributed by atoms with van der Waals surface area (Å²) in [5, 5.41) is 6.32. The number of alkyl halides is 3. The topological polar surface area (TPSA) is 67.9 Å². The summed E-state index contributed by atoms with van der Waals surface area (Å²) in [6.07, 6.45) is -4.54. The van der Waals surface area contributed by atoms with E-state index in [2.05, 4.69) is 15.2 Å². The third-order valence-electron chi connectivity index (χ3n) is 2.60. The summed E-state index contributed by atoms with van der Waals surface area (Å²) >= 11 is 0. The number of benzene rings is 1. The number of esters is 1. The van der Waals surface area contributed by atoms with Crippen LogP contribution in [0.3, 0.4) is 0 Å². The Morgan fingerprint density at radius 1 is 1.38 bits per heavy atom. The first-order valence-corrected chi connectivity index (χ1v) is 6.14. The van der Waals surface area contributed by atoms with Gasteiger partial charge in [0.15, 0.2) is 5.82 Å². The van der Waals surface area contributed by atoms with Gasteiger partial charge in [0.1, 0.15) is 12.2 Å². The number of carbonyl (C=O) groups is 1. The SMILES string of the molecule is CCOC(=O)Cc1nc(-c2cccc(C(F)(F)F)c2)n[nH]1. The van der Waals surface area contributed by atoms with E-state index < -0.39 is 17.7 Å². The summed E-state index contributed by atoms with van der Waals surface area (Å²) in [7, 11) is 0. The average molecular weight is 299 g/mol. The number of carbonyl (C=O) groups excluding carboxylic acids is 1. The van der Waals surface area contributed by atoms with Gasteiger partial charge in [0.2, 0.25) is 0 Å². The smallest absolute Gasteiger partial charge is 0.416 e. The molecule has 0 saturated carbocycles. The molecule has 2 aromatic rings. The molecule has 0 radical (unpaired) electrons. The fourth-order valence-electron chi connectivity index (χ4n) is 1.69. The van der Waals surface area contributed by atoms with Gasteiger partial charge in [0.25, 0.3) is 0 Å². The first-order chi connectivity index (χ1) is 9.90. The molecule has 0 atom stereocenters. The number of ether oxygens (including phenoxy) is 1. The van der Waals surface area contributed by atoms with Crippen LogP contribution in [0, 0.1) is 0 Å². The van der Waals surface area contributed by atoms with E-state index in [0.29, 0.717) is 0 Å². The maximum Gasteiger partial charge on any atom is 0.416 e. The maximum absolute atomic E-state index is 12.6. The number of aromatic amines is 1. The van der Waals surface area contributed by atoms with Crippen LogP contribution in [0.1, 0.15) is 18.3 Å². The molecular weight excluding hydrogens is 287 g/mol. The van der Waals surface area contributed by atoms with Crippen molar-refractivity contribution in [3.8, 4) is 11.4 Å². The fraction of sp³-hybridized carbons (Fsp3) is 0.308. The van der Waals surface area contributed by atoms with E-state index in [9.17, 15) is 18.0 Å². The molecule has 0 bridgehead atoms. The lowest BCUT2D eigenvalue weighted by Gasteiger charge is -2.06. The Labute approximate surface area is 118 Å². The Bertz CT molecular complexity index is 638. The van der Waals surface area contributed by atoms with Crippen LogP contribution in [-0.2, 0) is 22.1 Å². The highest BCUT2D eigenvalue weighted by atomic mass is 19.4. The normalized spacial score (nSPS) is 11.4. The lowest BCUT2D eigenvalue weighted by atomic mass is 10.1. The molecule has 0 saturated heterocycles. The zero-order valence-corrected chi connectivity index (χ0v) is 11.1. The zero-order chi connectivity index (χ0) is 15.5. The van der Waals surface area contributed by atoms with Crippen molar-refractivity contribution in [2.75, 3.05) is 6.61 Å². The van der Waals surface area contributed by atoms with Gasteiger partial charge in [-0.15, -0.1) is 0 Å². The minimum absolute atomic E-state index is 0.0976. The van der Waals surface area contributed by atoms with Crippen molar-refractivity contribution in [3.63, 3.8) is 0 Å². The molecule has 0 aliphatic heterocycles. The van der Waals surface area contributed by atoms with Gasteiger partial charge in [0.05, 0.1) is 12.2 Å². The number of rotatable bonds is 4. The van der Waals surface area contributed by atoms with Crippen LogP contribution < -0.4 is 0 Å². The molecule has 112 valence electrons. The molecule has 0 unspecified atom stereocenters. The van der Waals surface area contributed by atoms with E-state index in [0.717, 1.165) is 12.1 Å². The zero-order valence-electron chi connectivity index (χ0n) is 11.1. The molecule has 5 nitrogen and oxygen atoms in total. The highest BCUT2D eigenvalue weighted by Crippen LogP contribution is 2.31. The quantitative estimate of drug-likeness (QED) is 0.881. The van der Waals surface area contributed by atoms with Crippen molar-refractivity contribution >= 4 is 5.97 Å². The van der Waals surface area contributed by atoms with E-state index >= 15 is 0 Å². The van der Waals surface area contributed by atoms with Gasteiger partial charge in [-0.3, -0.25) is 9.89 Å². The number of H-pyrrole nitrogens is 1. The molecule has 21 heavy (non-hydrogen) atoms. The van der Waals surface area contributed by atoms with Crippen LogP contribution >= 0.6 is 0 Å². The first kappa shape index (κ1) is 15.0. The molecule has 0 aliphatic rings. The van der Waals surface area contributed by atoms with Crippen LogP contribution in [0.2, 0.25) is 0 Å². The Morgan fingerprint density at radius 2 is 2.14 bits per heavy atom. The minimum atomic E-state index is -4.43. The number of nitrogens with zero attached hydrogens (tertiary/aromatic N) is 2. The second-order valence-electron chi connectivity index (χ2n) is 4.17. The van der Waals surface area contributed by atoms with Crippen molar-refractivity contribution in [1.29, 1.82) is 0 Å². The van der Waals surface area contributed by atoms with Gasteiger partial charge in [-0.2, -0.15) is 18.3 Å². The lowest BCUT2D eigenvalue weighted by Crippen LogP contribution is -2.08. The third kappa shape index (κ3) is 3.80. The Balaban J connectivity index is 2.20. The highest BCUT2D eigenvalue weighted by Gasteiger charge is 2.30. The first-order valence-electron chi connectivity index (χ1n) is 6.14. The second kappa shape index (κ2) is 5.94. The molecule has 0 amide bonds. The van der Waals surface area contributed by atoms with Crippen molar-refractivity contribution in [2.45, 2.75) is 19.5 Å². The monoisotopic (exact) mass is 299 g/mol. The summed E-state index contributed by atoms with van der Waals surface area (Å²) < 4.78 is 42.7. The van der Waals surface area contributed by atoms with Crippen molar-refractivity contribution < 1.29 is 22.7 Å². The van der Waals surface area contributed by atoms with Gasteiger partial charge < -0.3 is 4.74 Å². The van der Waals surface area contributed by atoms with Crippen LogP contribution in [-0.4, -0.2) is 27.8 Å². The Kier molecular flexibility index (Phi) is 4.25. The Morgan fingerprint density at radius 3 is 2.81 bits per heavy atom. The molecule has 1 aromatic carbocycles. The lowest BCUT2D eigenvalue weighted by molar-refractivity contribution is -0.142. The number of hydrogen-bond acceptors (Lipinski definition) is 4. The summed E-state index contributed by atoms with van der Waals surface area (Å²) in [6, 6.07) is 4.67. The van der Waals surface area contributed by atoms with Crippen molar-refractivity contribution in [1.82, 2.24) is 15.2 Å². The van der Waals surface area contributed by atoms with E-state index in [-0.39, 0.29) is 30.2 Å². The third-order valence-corrected chi connectivity index (χ3v) is 2.60. The second-order valence-corrected chi connectivity index (χ2v) is 4.17. The summed E-state index contributed by atoms with van der Waals surface area (Å²) in [6.45, 7) is 1.92. The van der Waals surface area contributed by atoms with Crippen LogP contribution in [0.5, 0.6) is 0 Å². The molecule has 2 rings (SSSR count). The summed E-state index contributed by atoms with van der Waals surface area (Å²) in [5.74, 6) is -0.148. The molecule has 1 heterocycles. The van der Waals surface area contributed by atoms with Crippen molar-refractivity contribution in [2.24, 2.45) is 0 Å². The van der Waals surface area contributed by atoms with Gasteiger partial charge in [0, 0.05) is 5.56 Å². The summed E-state index contributed by atoms with van der Waals surface area (Å²) in [4.78, 5) is 15.3. The molecular formula is C13H12F3N3O2. The largest absolute Gasteiger partial charge is 0.466 e. The van der Waals surface area contributed by atoms with E-state index in [4.69, 9.17) is 4.74 Å². The Hall–Kier alpha value is -2.38. The predicted octanol–water partition coefficient (Wildman–Crippen LogP) is 2.60. The predicted molar refractivity (Wildman–Crippen MR) is 67.2 cm³/mol. The molecule has 8 heteroatoms. The van der Waals surface area contributed by atoms with E-state index in [1.807, 2.05) is 0 Å².